The predicted molar refractivity (Wildman–Crippen MR) is 83.7 cm³/mol. The van der Waals surface area contributed by atoms with Crippen LogP contribution in [0.4, 0.5) is 18.9 Å². The van der Waals surface area contributed by atoms with Gasteiger partial charge in [-0.25, -0.2) is 0 Å². The van der Waals surface area contributed by atoms with E-state index in [2.05, 4.69) is 5.32 Å². The molecule has 1 heterocycles. The van der Waals surface area contributed by atoms with Crippen LogP contribution in [0.15, 0.2) is 24.3 Å². The highest BCUT2D eigenvalue weighted by molar-refractivity contribution is 5.94. The van der Waals surface area contributed by atoms with Crippen LogP contribution >= 0.6 is 0 Å². The number of carbonyl (C=O) groups is 1. The molecule has 4 nitrogen and oxygen atoms in total. The molecule has 1 fully saturated rings. The van der Waals surface area contributed by atoms with Crippen LogP contribution in [-0.4, -0.2) is 57.3 Å². The molecule has 1 aliphatic rings. The van der Waals surface area contributed by atoms with E-state index >= 15 is 0 Å². The van der Waals surface area contributed by atoms with Gasteiger partial charge >= 0.3 is 6.18 Å². The van der Waals surface area contributed by atoms with Gasteiger partial charge in [0, 0.05) is 38.4 Å². The summed E-state index contributed by atoms with van der Waals surface area (Å²) in [5, 5.41) is 2.81. The van der Waals surface area contributed by atoms with Crippen LogP contribution in [0.3, 0.4) is 0 Å². The van der Waals surface area contributed by atoms with Gasteiger partial charge in [0.05, 0.1) is 6.54 Å². The van der Waals surface area contributed by atoms with Gasteiger partial charge in [-0.2, -0.15) is 13.2 Å². The van der Waals surface area contributed by atoms with Crippen molar-refractivity contribution < 1.29 is 18.0 Å². The van der Waals surface area contributed by atoms with Gasteiger partial charge in [0.2, 0.25) is 0 Å². The Morgan fingerprint density at radius 2 is 1.96 bits per heavy atom. The summed E-state index contributed by atoms with van der Waals surface area (Å²) in [5.41, 5.74) is 1.56. The monoisotopic (exact) mass is 329 g/mol. The zero-order valence-electron chi connectivity index (χ0n) is 13.4. The number of benzene rings is 1. The summed E-state index contributed by atoms with van der Waals surface area (Å²) < 4.78 is 37.0. The highest BCUT2D eigenvalue weighted by Gasteiger charge is 2.34. The zero-order valence-corrected chi connectivity index (χ0v) is 13.4. The fourth-order valence-electron chi connectivity index (χ4n) is 2.73. The van der Waals surface area contributed by atoms with E-state index in [0.29, 0.717) is 31.6 Å². The number of amides is 1. The molecule has 1 aromatic rings. The summed E-state index contributed by atoms with van der Waals surface area (Å²) in [4.78, 5) is 15.4. The third-order valence-corrected chi connectivity index (χ3v) is 3.97. The summed E-state index contributed by atoms with van der Waals surface area (Å²) in [5.74, 6) is -0.119. The maximum Gasteiger partial charge on any atom is 0.401 e. The molecule has 0 unspecified atom stereocenters. The number of hydrogen-bond acceptors (Lipinski definition) is 3. The van der Waals surface area contributed by atoms with Crippen molar-refractivity contribution in [2.75, 3.05) is 45.2 Å². The van der Waals surface area contributed by atoms with Crippen molar-refractivity contribution in [3.05, 3.63) is 29.8 Å². The molecule has 0 bridgehead atoms. The summed E-state index contributed by atoms with van der Waals surface area (Å²) in [7, 11) is 3.84. The Kier molecular flexibility index (Phi) is 5.51. The molecule has 0 aromatic heterocycles. The van der Waals surface area contributed by atoms with Crippen molar-refractivity contribution in [3.8, 4) is 0 Å². The largest absolute Gasteiger partial charge is 0.401 e. The average molecular weight is 329 g/mol. The maximum absolute atomic E-state index is 12.3. The normalized spacial score (nSPS) is 18.9. The number of hydrogen-bond donors (Lipinski definition) is 1. The Labute approximate surface area is 134 Å². The molecular formula is C16H22F3N3O. The van der Waals surface area contributed by atoms with Gasteiger partial charge in [0.1, 0.15) is 0 Å². The molecule has 1 aromatic carbocycles. The Hall–Kier alpha value is -1.76. The highest BCUT2D eigenvalue weighted by Crippen LogP contribution is 2.22. The Morgan fingerprint density at radius 3 is 2.52 bits per heavy atom. The van der Waals surface area contributed by atoms with Gasteiger partial charge in [-0.15, -0.1) is 0 Å². The first-order valence-corrected chi connectivity index (χ1v) is 7.59. The summed E-state index contributed by atoms with van der Waals surface area (Å²) in [6.07, 6.45) is -3.48. The van der Waals surface area contributed by atoms with Crippen LogP contribution in [0.2, 0.25) is 0 Å². The lowest BCUT2D eigenvalue weighted by Gasteiger charge is -2.18. The first-order valence-electron chi connectivity index (χ1n) is 7.59. The van der Waals surface area contributed by atoms with Crippen LogP contribution in [0.25, 0.3) is 0 Å². The summed E-state index contributed by atoms with van der Waals surface area (Å²) in [6, 6.07) is 7.20. The summed E-state index contributed by atoms with van der Waals surface area (Å²) in [6.45, 7) is 0.336. The number of rotatable bonds is 5. The Morgan fingerprint density at radius 1 is 1.30 bits per heavy atom. The average Bonchev–Trinajstić information content (AvgIpc) is 2.90. The molecule has 2 rings (SSSR count). The molecule has 0 saturated carbocycles. The highest BCUT2D eigenvalue weighted by atomic mass is 19.4. The molecular weight excluding hydrogens is 307 g/mol. The van der Waals surface area contributed by atoms with Gasteiger partial charge in [0.25, 0.3) is 5.91 Å². The molecule has 23 heavy (non-hydrogen) atoms. The van der Waals surface area contributed by atoms with E-state index in [1.165, 1.54) is 4.90 Å². The van der Waals surface area contributed by atoms with Gasteiger partial charge in [0.15, 0.2) is 0 Å². The maximum atomic E-state index is 12.3. The molecule has 1 aliphatic heterocycles. The van der Waals surface area contributed by atoms with E-state index in [9.17, 15) is 18.0 Å². The van der Waals surface area contributed by atoms with Crippen LogP contribution < -0.4 is 10.2 Å². The van der Waals surface area contributed by atoms with Crippen molar-refractivity contribution in [3.63, 3.8) is 0 Å². The van der Waals surface area contributed by atoms with Crippen molar-refractivity contribution in [1.29, 1.82) is 0 Å². The SMILES string of the molecule is CN(C)c1ccc(C(=O)NC[C@@H]2CCN(CC(F)(F)F)C2)cc1. The van der Waals surface area contributed by atoms with Crippen molar-refractivity contribution in [2.24, 2.45) is 5.92 Å². The van der Waals surface area contributed by atoms with Crippen LogP contribution in [0.5, 0.6) is 0 Å². The predicted octanol–water partition coefficient (Wildman–Crippen LogP) is 2.37. The van der Waals surface area contributed by atoms with Crippen molar-refractivity contribution in [1.82, 2.24) is 10.2 Å². The molecule has 0 spiro atoms. The molecule has 7 heteroatoms. The molecule has 1 amide bonds. The molecule has 0 aliphatic carbocycles. The second kappa shape index (κ2) is 7.21. The minimum Gasteiger partial charge on any atom is -0.378 e. The fraction of sp³-hybridized carbons (Fsp3) is 0.562. The van der Waals surface area contributed by atoms with Crippen LogP contribution in [-0.2, 0) is 0 Å². The number of alkyl halides is 3. The number of carbonyl (C=O) groups excluding carboxylic acids is 1. The van der Waals surface area contributed by atoms with E-state index in [1.54, 1.807) is 12.1 Å². The Bertz CT molecular complexity index is 528. The second-order valence-electron chi connectivity index (χ2n) is 6.16. The van der Waals surface area contributed by atoms with Gasteiger partial charge in [-0.1, -0.05) is 0 Å². The summed E-state index contributed by atoms with van der Waals surface area (Å²) >= 11 is 0. The van der Waals surface area contributed by atoms with Crippen LogP contribution in [0.1, 0.15) is 16.8 Å². The molecule has 1 saturated heterocycles. The smallest absolute Gasteiger partial charge is 0.378 e. The number of likely N-dealkylation sites (tertiary alicyclic amines) is 1. The second-order valence-corrected chi connectivity index (χ2v) is 6.16. The van der Waals surface area contributed by atoms with Gasteiger partial charge in [-0.05, 0) is 43.1 Å². The number of nitrogens with one attached hydrogen (secondary N) is 1. The molecule has 1 atom stereocenters. The lowest BCUT2D eigenvalue weighted by molar-refractivity contribution is -0.143. The van der Waals surface area contributed by atoms with E-state index in [1.807, 2.05) is 31.1 Å². The lowest BCUT2D eigenvalue weighted by Crippen LogP contribution is -2.34. The van der Waals surface area contributed by atoms with Gasteiger partial charge in [-0.3, -0.25) is 9.69 Å². The third-order valence-electron chi connectivity index (χ3n) is 3.97. The number of nitrogens with zero attached hydrogens (tertiary/aromatic N) is 2. The number of halogens is 3. The van der Waals surface area contributed by atoms with E-state index < -0.39 is 12.7 Å². The van der Waals surface area contributed by atoms with E-state index in [-0.39, 0.29) is 11.8 Å². The third kappa shape index (κ3) is 5.42. The van der Waals surface area contributed by atoms with Crippen molar-refractivity contribution in [2.45, 2.75) is 12.6 Å². The molecule has 1 N–H and O–H groups in total. The van der Waals surface area contributed by atoms with E-state index in [4.69, 9.17) is 0 Å². The van der Waals surface area contributed by atoms with Crippen molar-refractivity contribution >= 4 is 11.6 Å². The fourth-order valence-corrected chi connectivity index (χ4v) is 2.73. The lowest BCUT2D eigenvalue weighted by atomic mass is 10.1. The minimum atomic E-state index is -4.16. The molecule has 128 valence electrons. The minimum absolute atomic E-state index is 0.0716. The zero-order chi connectivity index (χ0) is 17.0. The number of anilines is 1. The molecule has 0 radical (unpaired) electrons. The van der Waals surface area contributed by atoms with Gasteiger partial charge < -0.3 is 10.2 Å². The quantitative estimate of drug-likeness (QED) is 0.901. The topological polar surface area (TPSA) is 35.6 Å². The van der Waals surface area contributed by atoms with E-state index in [0.717, 1.165) is 5.69 Å². The first kappa shape index (κ1) is 17.6. The Balaban J connectivity index is 1.79. The standard InChI is InChI=1S/C16H22F3N3O/c1-21(2)14-5-3-13(4-6-14)15(23)20-9-12-7-8-22(10-12)11-16(17,18)19/h3-6,12H,7-11H2,1-2H3,(H,20,23)/t12-/m0/s1. The first-order chi connectivity index (χ1) is 10.7. The van der Waals surface area contributed by atoms with Crippen LogP contribution in [0, 0.1) is 5.92 Å².